The molecule has 1 aliphatic heterocycles. The molecule has 0 radical (unpaired) electrons. The van der Waals surface area contributed by atoms with Crippen molar-refractivity contribution in [1.82, 2.24) is 4.90 Å². The molecule has 0 atom stereocenters. The van der Waals surface area contributed by atoms with Crippen molar-refractivity contribution >= 4 is 69.8 Å². The van der Waals surface area contributed by atoms with Gasteiger partial charge < -0.3 is 19.5 Å². The molecule has 0 bridgehead atoms. The molecular weight excluding hydrogens is 538 g/mol. The lowest BCUT2D eigenvalue weighted by molar-refractivity contribution is -0.145. The number of esters is 1. The number of benzene rings is 2. The van der Waals surface area contributed by atoms with E-state index in [1.54, 1.807) is 6.92 Å². The Balaban J connectivity index is 1.72. The zero-order valence-electron chi connectivity index (χ0n) is 18.9. The van der Waals surface area contributed by atoms with Crippen LogP contribution in [0.3, 0.4) is 0 Å². The van der Waals surface area contributed by atoms with Crippen molar-refractivity contribution in [2.75, 3.05) is 32.2 Å². The number of nitrogens with zero attached hydrogens (tertiary/aromatic N) is 1. The highest BCUT2D eigenvalue weighted by Gasteiger charge is 2.36. The van der Waals surface area contributed by atoms with Gasteiger partial charge in [0, 0.05) is 5.69 Å². The van der Waals surface area contributed by atoms with E-state index in [4.69, 9.17) is 37.4 Å². The lowest BCUT2D eigenvalue weighted by atomic mass is 10.1. The van der Waals surface area contributed by atoms with Gasteiger partial charge in [-0.2, -0.15) is 0 Å². The van der Waals surface area contributed by atoms with Crippen LogP contribution in [0.1, 0.15) is 12.5 Å². The summed E-state index contributed by atoms with van der Waals surface area (Å²) in [6.45, 7) is 0.926. The maximum absolute atomic E-state index is 13.3. The highest BCUT2D eigenvalue weighted by atomic mass is 35.5. The molecular formula is C23H19Cl2FN2O7S. The molecule has 1 saturated heterocycles. The van der Waals surface area contributed by atoms with Gasteiger partial charge in [-0.25, -0.2) is 9.18 Å². The third-order valence-electron chi connectivity index (χ3n) is 4.57. The Labute approximate surface area is 219 Å². The van der Waals surface area contributed by atoms with E-state index in [0.29, 0.717) is 17.3 Å². The fourth-order valence-electron chi connectivity index (χ4n) is 3.00. The van der Waals surface area contributed by atoms with Crippen LogP contribution in [0.4, 0.5) is 14.9 Å². The molecule has 3 amide bonds. The molecule has 1 aliphatic rings. The Morgan fingerprint density at radius 3 is 2.58 bits per heavy atom. The number of amides is 3. The molecule has 2 aromatic carbocycles. The molecule has 190 valence electrons. The van der Waals surface area contributed by atoms with Crippen molar-refractivity contribution in [3.63, 3.8) is 0 Å². The monoisotopic (exact) mass is 556 g/mol. The number of carbonyl (C=O) groups is 4. The van der Waals surface area contributed by atoms with E-state index in [-0.39, 0.29) is 45.4 Å². The predicted molar refractivity (Wildman–Crippen MR) is 133 cm³/mol. The Kier molecular flexibility index (Phi) is 9.19. The molecule has 0 aliphatic carbocycles. The number of hydrogen-bond donors (Lipinski definition) is 1. The highest BCUT2D eigenvalue weighted by molar-refractivity contribution is 8.18. The van der Waals surface area contributed by atoms with Gasteiger partial charge in [-0.05, 0) is 60.7 Å². The van der Waals surface area contributed by atoms with Gasteiger partial charge in [0.25, 0.3) is 11.1 Å². The van der Waals surface area contributed by atoms with Crippen LogP contribution in [0.5, 0.6) is 11.5 Å². The Morgan fingerprint density at radius 2 is 1.92 bits per heavy atom. The number of imide groups is 1. The van der Waals surface area contributed by atoms with Crippen molar-refractivity contribution in [3.8, 4) is 11.5 Å². The number of nitrogens with one attached hydrogen (secondary N) is 1. The van der Waals surface area contributed by atoms with Gasteiger partial charge in [0.15, 0.2) is 18.1 Å². The van der Waals surface area contributed by atoms with Crippen molar-refractivity contribution in [2.24, 2.45) is 0 Å². The molecule has 0 saturated carbocycles. The van der Waals surface area contributed by atoms with E-state index < -0.39 is 35.4 Å². The molecule has 13 heteroatoms. The zero-order valence-corrected chi connectivity index (χ0v) is 21.3. The number of rotatable bonds is 9. The molecule has 1 fully saturated rings. The second-order valence-electron chi connectivity index (χ2n) is 7.07. The van der Waals surface area contributed by atoms with E-state index in [9.17, 15) is 23.6 Å². The molecule has 2 aromatic rings. The summed E-state index contributed by atoms with van der Waals surface area (Å²) in [5.41, 5.74) is 0.622. The van der Waals surface area contributed by atoms with Crippen molar-refractivity contribution in [1.29, 1.82) is 0 Å². The van der Waals surface area contributed by atoms with E-state index in [1.807, 2.05) is 0 Å². The SMILES string of the molecule is CCOC(=O)COc1c(Cl)cc(/C=C2\SC(=O)N(CC(=O)Nc3ccc(F)c(Cl)c3)C2=O)cc1OC. The zero-order chi connectivity index (χ0) is 26.4. The molecule has 0 unspecified atom stereocenters. The van der Waals surface area contributed by atoms with Gasteiger partial charge in [0.2, 0.25) is 5.91 Å². The van der Waals surface area contributed by atoms with Crippen LogP contribution in [-0.4, -0.2) is 54.8 Å². The summed E-state index contributed by atoms with van der Waals surface area (Å²) in [6.07, 6.45) is 1.41. The molecule has 0 aromatic heterocycles. The van der Waals surface area contributed by atoms with E-state index in [0.717, 1.165) is 11.0 Å². The summed E-state index contributed by atoms with van der Waals surface area (Å²) in [5.74, 6) is -2.30. The summed E-state index contributed by atoms with van der Waals surface area (Å²) in [5, 5.41) is 1.72. The smallest absolute Gasteiger partial charge is 0.344 e. The van der Waals surface area contributed by atoms with Gasteiger partial charge in [0.05, 0.1) is 28.7 Å². The molecule has 36 heavy (non-hydrogen) atoms. The van der Waals surface area contributed by atoms with Crippen LogP contribution < -0.4 is 14.8 Å². The maximum Gasteiger partial charge on any atom is 0.344 e. The fourth-order valence-corrected chi connectivity index (χ4v) is 4.30. The van der Waals surface area contributed by atoms with Crippen molar-refractivity contribution < 1.29 is 37.8 Å². The van der Waals surface area contributed by atoms with Crippen LogP contribution >= 0.6 is 35.0 Å². The molecule has 9 nitrogen and oxygen atoms in total. The number of halogens is 3. The Bertz CT molecular complexity index is 1260. The van der Waals surface area contributed by atoms with Crippen molar-refractivity contribution in [3.05, 3.63) is 56.7 Å². The Morgan fingerprint density at radius 1 is 1.17 bits per heavy atom. The summed E-state index contributed by atoms with van der Waals surface area (Å²) in [7, 11) is 1.37. The number of ether oxygens (including phenoxy) is 3. The number of anilines is 1. The average molecular weight is 557 g/mol. The Hall–Kier alpha value is -3.28. The summed E-state index contributed by atoms with van der Waals surface area (Å²) in [6, 6.07) is 6.55. The van der Waals surface area contributed by atoms with Gasteiger partial charge in [-0.3, -0.25) is 19.3 Å². The van der Waals surface area contributed by atoms with E-state index in [2.05, 4.69) is 5.32 Å². The first-order valence-corrected chi connectivity index (χ1v) is 11.9. The lowest BCUT2D eigenvalue weighted by Gasteiger charge is -2.13. The average Bonchev–Trinajstić information content (AvgIpc) is 3.07. The molecule has 3 rings (SSSR count). The number of thioether (sulfide) groups is 1. The van der Waals surface area contributed by atoms with Gasteiger partial charge in [0.1, 0.15) is 12.4 Å². The van der Waals surface area contributed by atoms with Crippen LogP contribution in [0.2, 0.25) is 10.0 Å². The van der Waals surface area contributed by atoms with Gasteiger partial charge >= 0.3 is 5.97 Å². The quantitative estimate of drug-likeness (QED) is 0.347. The van der Waals surface area contributed by atoms with Crippen LogP contribution in [-0.2, 0) is 19.1 Å². The number of methoxy groups -OCH3 is 1. The summed E-state index contributed by atoms with van der Waals surface area (Å²) in [4.78, 5) is 49.9. The third kappa shape index (κ3) is 6.68. The molecule has 1 heterocycles. The van der Waals surface area contributed by atoms with Crippen LogP contribution in [0.25, 0.3) is 6.08 Å². The first kappa shape index (κ1) is 27.3. The lowest BCUT2D eigenvalue weighted by Crippen LogP contribution is -2.36. The second-order valence-corrected chi connectivity index (χ2v) is 8.88. The number of hydrogen-bond acceptors (Lipinski definition) is 8. The third-order valence-corrected chi connectivity index (χ3v) is 6.05. The van der Waals surface area contributed by atoms with Crippen molar-refractivity contribution in [2.45, 2.75) is 6.92 Å². The normalized spacial score (nSPS) is 14.2. The van der Waals surface area contributed by atoms with Gasteiger partial charge in [-0.15, -0.1) is 0 Å². The molecule has 1 N–H and O–H groups in total. The topological polar surface area (TPSA) is 111 Å². The largest absolute Gasteiger partial charge is 0.493 e. The summed E-state index contributed by atoms with van der Waals surface area (Å²) >= 11 is 12.6. The standard InChI is InChI=1S/C23H19Cl2FN2O7S/c1-3-34-20(30)11-35-21-15(25)6-12(7-17(21)33-2)8-18-22(31)28(23(32)36-18)10-19(29)27-13-4-5-16(26)14(24)9-13/h4-9H,3,10-11H2,1-2H3,(H,27,29)/b18-8-. The highest BCUT2D eigenvalue weighted by Crippen LogP contribution is 2.39. The first-order valence-electron chi connectivity index (χ1n) is 10.3. The fraction of sp³-hybridized carbons (Fsp3) is 0.217. The first-order chi connectivity index (χ1) is 17.1. The minimum Gasteiger partial charge on any atom is -0.493 e. The molecule has 0 spiro atoms. The minimum atomic E-state index is -0.685. The van der Waals surface area contributed by atoms with E-state index >= 15 is 0 Å². The second kappa shape index (κ2) is 12.1. The summed E-state index contributed by atoms with van der Waals surface area (Å²) < 4.78 is 28.8. The minimum absolute atomic E-state index is 0.0518. The van der Waals surface area contributed by atoms with Gasteiger partial charge in [-0.1, -0.05) is 23.2 Å². The predicted octanol–water partition coefficient (Wildman–Crippen LogP) is 4.76. The number of carbonyl (C=O) groups excluding carboxylic acids is 4. The maximum atomic E-state index is 13.3. The van der Waals surface area contributed by atoms with Crippen LogP contribution in [0, 0.1) is 5.82 Å². The van der Waals surface area contributed by atoms with E-state index in [1.165, 1.54) is 37.5 Å². The van der Waals surface area contributed by atoms with Crippen LogP contribution in [0.15, 0.2) is 35.2 Å².